The second kappa shape index (κ2) is 9.17. The molecule has 0 aromatic carbocycles. The Morgan fingerprint density at radius 3 is 2.43 bits per heavy atom. The molecule has 1 fully saturated rings. The van der Waals surface area contributed by atoms with Crippen LogP contribution in [0.2, 0.25) is 0 Å². The maximum absolute atomic E-state index is 11.9. The second-order valence-corrected chi connectivity index (χ2v) is 4.80. The molecule has 0 bridgehead atoms. The first kappa shape index (κ1) is 17.2. The number of carboxylic acid groups (broad SMARTS) is 1. The number of ether oxygens (including phenoxy) is 1. The van der Waals surface area contributed by atoms with Crippen molar-refractivity contribution in [2.45, 2.75) is 19.8 Å². The molecule has 1 aliphatic heterocycles. The van der Waals surface area contributed by atoms with E-state index in [4.69, 9.17) is 9.84 Å². The maximum Gasteiger partial charge on any atom is 0.317 e. The molecule has 0 atom stereocenters. The molecular formula is C13H23N3O5. The van der Waals surface area contributed by atoms with E-state index < -0.39 is 5.97 Å². The van der Waals surface area contributed by atoms with Gasteiger partial charge in [-0.2, -0.15) is 0 Å². The minimum Gasteiger partial charge on any atom is -0.480 e. The van der Waals surface area contributed by atoms with Crippen molar-refractivity contribution in [1.29, 1.82) is 0 Å². The molecule has 1 aliphatic rings. The molecule has 8 heteroatoms. The van der Waals surface area contributed by atoms with Crippen LogP contribution in [-0.4, -0.2) is 78.8 Å². The fourth-order valence-electron chi connectivity index (χ4n) is 2.07. The molecule has 0 aromatic rings. The monoisotopic (exact) mass is 301 g/mol. The van der Waals surface area contributed by atoms with Crippen LogP contribution in [0.4, 0.5) is 4.79 Å². The number of aliphatic carboxylic acids is 1. The van der Waals surface area contributed by atoms with E-state index in [9.17, 15) is 14.4 Å². The van der Waals surface area contributed by atoms with Crippen LogP contribution in [0.3, 0.4) is 0 Å². The number of carboxylic acids is 1. The Balaban J connectivity index is 2.13. The van der Waals surface area contributed by atoms with Crippen LogP contribution in [0.1, 0.15) is 19.8 Å². The molecule has 0 aliphatic carbocycles. The van der Waals surface area contributed by atoms with Gasteiger partial charge in [-0.3, -0.25) is 14.5 Å². The van der Waals surface area contributed by atoms with E-state index in [1.165, 1.54) is 0 Å². The number of carbonyl (C=O) groups is 3. The minimum absolute atomic E-state index is 0.00893. The summed E-state index contributed by atoms with van der Waals surface area (Å²) in [6.07, 6.45) is 0.837. The van der Waals surface area contributed by atoms with Gasteiger partial charge in [0.05, 0.1) is 13.2 Å². The van der Waals surface area contributed by atoms with Crippen LogP contribution in [-0.2, 0) is 14.3 Å². The van der Waals surface area contributed by atoms with Crippen LogP contribution >= 0.6 is 0 Å². The molecule has 0 saturated carbocycles. The number of carbonyl (C=O) groups excluding carboxylic acids is 2. The first-order valence-electron chi connectivity index (χ1n) is 7.15. The van der Waals surface area contributed by atoms with Gasteiger partial charge < -0.3 is 20.1 Å². The van der Waals surface area contributed by atoms with Gasteiger partial charge in [-0.1, -0.05) is 0 Å². The third-order valence-electron chi connectivity index (χ3n) is 3.16. The van der Waals surface area contributed by atoms with Crippen molar-refractivity contribution < 1.29 is 24.2 Å². The molecule has 0 radical (unpaired) electrons. The number of piperazine rings is 1. The number of nitrogens with one attached hydrogen (secondary N) is 1. The van der Waals surface area contributed by atoms with Crippen LogP contribution in [0.15, 0.2) is 0 Å². The Kier molecular flexibility index (Phi) is 7.52. The van der Waals surface area contributed by atoms with E-state index >= 15 is 0 Å². The zero-order valence-corrected chi connectivity index (χ0v) is 12.3. The molecule has 8 nitrogen and oxygen atoms in total. The molecule has 0 aromatic heterocycles. The summed E-state index contributed by atoms with van der Waals surface area (Å²) in [6, 6.07) is -0.172. The SMILES string of the molecule is CCOC(=O)CCCNC(=O)N1CCN(CC(=O)O)CC1. The summed E-state index contributed by atoms with van der Waals surface area (Å²) in [6.45, 7) is 4.69. The van der Waals surface area contributed by atoms with E-state index in [2.05, 4.69) is 5.32 Å². The summed E-state index contributed by atoms with van der Waals surface area (Å²) in [5, 5.41) is 11.4. The number of hydrogen-bond donors (Lipinski definition) is 2. The number of urea groups is 1. The minimum atomic E-state index is -0.855. The molecule has 1 heterocycles. The Morgan fingerprint density at radius 2 is 1.86 bits per heavy atom. The number of amides is 2. The van der Waals surface area contributed by atoms with Crippen molar-refractivity contribution in [3.05, 3.63) is 0 Å². The summed E-state index contributed by atoms with van der Waals surface area (Å²) in [5.41, 5.74) is 0. The summed E-state index contributed by atoms with van der Waals surface area (Å²) in [4.78, 5) is 37.0. The van der Waals surface area contributed by atoms with E-state index in [0.717, 1.165) is 0 Å². The molecule has 120 valence electrons. The highest BCUT2D eigenvalue weighted by Crippen LogP contribution is 2.02. The second-order valence-electron chi connectivity index (χ2n) is 4.80. The van der Waals surface area contributed by atoms with E-state index in [0.29, 0.717) is 52.2 Å². The number of rotatable bonds is 7. The standard InChI is InChI=1S/C13H23N3O5/c1-2-21-12(19)4-3-5-14-13(20)16-8-6-15(7-9-16)10-11(17)18/h2-10H2,1H3,(H,14,20)(H,17,18). The van der Waals surface area contributed by atoms with Crippen LogP contribution < -0.4 is 5.32 Å². The van der Waals surface area contributed by atoms with Crippen molar-refractivity contribution >= 4 is 18.0 Å². The van der Waals surface area contributed by atoms with Crippen molar-refractivity contribution in [2.24, 2.45) is 0 Å². The zero-order chi connectivity index (χ0) is 15.7. The van der Waals surface area contributed by atoms with Crippen LogP contribution in [0.25, 0.3) is 0 Å². The van der Waals surface area contributed by atoms with Crippen LogP contribution in [0, 0.1) is 0 Å². The van der Waals surface area contributed by atoms with Gasteiger partial charge in [0, 0.05) is 39.1 Å². The van der Waals surface area contributed by atoms with Gasteiger partial charge in [-0.05, 0) is 13.3 Å². The lowest BCUT2D eigenvalue weighted by molar-refractivity contribution is -0.143. The highest BCUT2D eigenvalue weighted by atomic mass is 16.5. The largest absolute Gasteiger partial charge is 0.480 e. The highest BCUT2D eigenvalue weighted by molar-refractivity contribution is 5.74. The van der Waals surface area contributed by atoms with Crippen molar-refractivity contribution in [3.63, 3.8) is 0 Å². The topological polar surface area (TPSA) is 99.2 Å². The third kappa shape index (κ3) is 6.94. The molecule has 21 heavy (non-hydrogen) atoms. The van der Waals surface area contributed by atoms with Crippen molar-refractivity contribution in [1.82, 2.24) is 15.1 Å². The Bertz CT molecular complexity index is 367. The predicted molar refractivity (Wildman–Crippen MR) is 74.9 cm³/mol. The Morgan fingerprint density at radius 1 is 1.19 bits per heavy atom. The van der Waals surface area contributed by atoms with E-state index in [1.807, 2.05) is 0 Å². The van der Waals surface area contributed by atoms with Gasteiger partial charge >= 0.3 is 18.0 Å². The summed E-state index contributed by atoms with van der Waals surface area (Å²) >= 11 is 0. The van der Waals surface area contributed by atoms with E-state index in [-0.39, 0.29) is 18.5 Å². The smallest absolute Gasteiger partial charge is 0.317 e. The molecule has 1 rings (SSSR count). The van der Waals surface area contributed by atoms with E-state index in [1.54, 1.807) is 16.7 Å². The fourth-order valence-corrected chi connectivity index (χ4v) is 2.07. The lowest BCUT2D eigenvalue weighted by atomic mass is 10.3. The number of hydrogen-bond acceptors (Lipinski definition) is 5. The van der Waals surface area contributed by atoms with Crippen molar-refractivity contribution in [3.8, 4) is 0 Å². The van der Waals surface area contributed by atoms with Gasteiger partial charge in [0.15, 0.2) is 0 Å². The summed E-state index contributed by atoms with van der Waals surface area (Å²) in [5.74, 6) is -1.11. The third-order valence-corrected chi connectivity index (χ3v) is 3.16. The molecule has 0 unspecified atom stereocenters. The first-order chi connectivity index (χ1) is 10.0. The van der Waals surface area contributed by atoms with Crippen LogP contribution in [0.5, 0.6) is 0 Å². The highest BCUT2D eigenvalue weighted by Gasteiger charge is 2.21. The Labute approximate surface area is 124 Å². The molecule has 2 N–H and O–H groups in total. The molecule has 0 spiro atoms. The Hall–Kier alpha value is -1.83. The van der Waals surface area contributed by atoms with Gasteiger partial charge in [0.1, 0.15) is 0 Å². The normalized spacial score (nSPS) is 15.6. The number of esters is 1. The predicted octanol–water partition coefficient (Wildman–Crippen LogP) is -0.258. The molecule has 2 amide bonds. The quantitative estimate of drug-likeness (QED) is 0.496. The average Bonchev–Trinajstić information content (AvgIpc) is 2.44. The van der Waals surface area contributed by atoms with Gasteiger partial charge in [-0.15, -0.1) is 0 Å². The fraction of sp³-hybridized carbons (Fsp3) is 0.769. The lowest BCUT2D eigenvalue weighted by Gasteiger charge is -2.33. The summed E-state index contributed by atoms with van der Waals surface area (Å²) in [7, 11) is 0. The van der Waals surface area contributed by atoms with Gasteiger partial charge in [0.2, 0.25) is 0 Å². The number of nitrogens with zero attached hydrogens (tertiary/aromatic N) is 2. The van der Waals surface area contributed by atoms with Crippen molar-refractivity contribution in [2.75, 3.05) is 45.9 Å². The van der Waals surface area contributed by atoms with Gasteiger partial charge in [0.25, 0.3) is 0 Å². The first-order valence-corrected chi connectivity index (χ1v) is 7.15. The molecular weight excluding hydrogens is 278 g/mol. The zero-order valence-electron chi connectivity index (χ0n) is 12.3. The lowest BCUT2D eigenvalue weighted by Crippen LogP contribution is -2.52. The maximum atomic E-state index is 11.9. The average molecular weight is 301 g/mol. The summed E-state index contributed by atoms with van der Waals surface area (Å²) < 4.78 is 4.79. The molecule has 1 saturated heterocycles. The van der Waals surface area contributed by atoms with Gasteiger partial charge in [-0.25, -0.2) is 4.79 Å².